The van der Waals surface area contributed by atoms with E-state index in [2.05, 4.69) is 24.3 Å². The molecule has 5 nitrogen and oxygen atoms in total. The van der Waals surface area contributed by atoms with E-state index in [9.17, 15) is 4.79 Å². The molecule has 0 spiro atoms. The molecule has 1 aromatic rings. The van der Waals surface area contributed by atoms with Gasteiger partial charge in [0, 0.05) is 38.5 Å². The highest BCUT2D eigenvalue weighted by molar-refractivity contribution is 5.79. The van der Waals surface area contributed by atoms with Crippen molar-refractivity contribution < 1.29 is 9.53 Å². The zero-order valence-electron chi connectivity index (χ0n) is 12.6. The van der Waals surface area contributed by atoms with E-state index in [-0.39, 0.29) is 17.9 Å². The minimum Gasteiger partial charge on any atom is -0.377 e. The topological polar surface area (TPSA) is 56.1 Å². The van der Waals surface area contributed by atoms with Gasteiger partial charge in [-0.05, 0) is 24.8 Å². The van der Waals surface area contributed by atoms with Crippen LogP contribution in [0.5, 0.6) is 0 Å². The van der Waals surface area contributed by atoms with Gasteiger partial charge in [0.05, 0.1) is 12.0 Å². The highest BCUT2D eigenvalue weighted by atomic mass is 16.5. The highest BCUT2D eigenvalue weighted by Crippen LogP contribution is 2.26. The molecule has 1 aliphatic rings. The van der Waals surface area contributed by atoms with E-state index in [1.165, 1.54) is 0 Å². The third kappa shape index (κ3) is 3.60. The summed E-state index contributed by atoms with van der Waals surface area (Å²) < 4.78 is 7.61. The van der Waals surface area contributed by atoms with Crippen molar-refractivity contribution >= 4 is 5.91 Å². The second kappa shape index (κ2) is 6.88. The smallest absolute Gasteiger partial charge is 0.225 e. The zero-order valence-corrected chi connectivity index (χ0v) is 12.6. The lowest BCUT2D eigenvalue weighted by atomic mass is 9.87. The van der Waals surface area contributed by atoms with E-state index in [1.807, 2.05) is 17.8 Å². The Morgan fingerprint density at radius 2 is 2.40 bits per heavy atom. The molecule has 0 aliphatic carbocycles. The Kier molecular flexibility index (Phi) is 5.17. The van der Waals surface area contributed by atoms with Crippen LogP contribution in [0.2, 0.25) is 0 Å². The second-order valence-corrected chi connectivity index (χ2v) is 5.82. The van der Waals surface area contributed by atoms with Crippen LogP contribution in [0, 0.1) is 11.8 Å². The summed E-state index contributed by atoms with van der Waals surface area (Å²) in [6, 6.07) is 1.98. The molecule has 1 fully saturated rings. The SMILES string of the molecule is CC(C)[C@@H]1OCCC[C@@H]1C(=O)NCCc1ccnn1C. The first kappa shape index (κ1) is 15.0. The summed E-state index contributed by atoms with van der Waals surface area (Å²) in [6.07, 6.45) is 4.55. The first-order valence-electron chi connectivity index (χ1n) is 7.45. The van der Waals surface area contributed by atoms with Gasteiger partial charge in [0.25, 0.3) is 0 Å². The molecule has 1 amide bonds. The molecule has 2 rings (SSSR count). The minimum atomic E-state index is -0.00436. The minimum absolute atomic E-state index is 0.00436. The third-order valence-corrected chi connectivity index (χ3v) is 3.96. The molecule has 20 heavy (non-hydrogen) atoms. The molecule has 1 N–H and O–H groups in total. The predicted octanol–water partition coefficient (Wildman–Crippen LogP) is 1.53. The number of rotatable bonds is 5. The van der Waals surface area contributed by atoms with Crippen LogP contribution in [0.1, 0.15) is 32.4 Å². The fourth-order valence-corrected chi connectivity index (χ4v) is 2.83. The molecule has 0 unspecified atom stereocenters. The van der Waals surface area contributed by atoms with Crippen molar-refractivity contribution in [3.63, 3.8) is 0 Å². The highest BCUT2D eigenvalue weighted by Gasteiger charge is 2.33. The maximum absolute atomic E-state index is 12.3. The van der Waals surface area contributed by atoms with Gasteiger partial charge >= 0.3 is 0 Å². The van der Waals surface area contributed by atoms with Crippen LogP contribution in [-0.2, 0) is 23.0 Å². The lowest BCUT2D eigenvalue weighted by molar-refractivity contribution is -0.137. The van der Waals surface area contributed by atoms with E-state index in [4.69, 9.17) is 4.74 Å². The van der Waals surface area contributed by atoms with Crippen molar-refractivity contribution in [2.45, 2.75) is 39.2 Å². The molecule has 2 atom stereocenters. The van der Waals surface area contributed by atoms with Crippen LogP contribution in [0.25, 0.3) is 0 Å². The monoisotopic (exact) mass is 279 g/mol. The lowest BCUT2D eigenvalue weighted by Gasteiger charge is -2.33. The number of aromatic nitrogens is 2. The Morgan fingerprint density at radius 1 is 1.60 bits per heavy atom. The largest absolute Gasteiger partial charge is 0.377 e. The summed E-state index contributed by atoms with van der Waals surface area (Å²) in [6.45, 7) is 5.67. The molecule has 0 saturated carbocycles. The van der Waals surface area contributed by atoms with Gasteiger partial charge in [0.15, 0.2) is 0 Å². The summed E-state index contributed by atoms with van der Waals surface area (Å²) in [5.74, 6) is 0.504. The van der Waals surface area contributed by atoms with Crippen LogP contribution in [0.15, 0.2) is 12.3 Å². The number of hydrogen-bond donors (Lipinski definition) is 1. The van der Waals surface area contributed by atoms with Gasteiger partial charge < -0.3 is 10.1 Å². The summed E-state index contributed by atoms with van der Waals surface area (Å²) in [7, 11) is 1.92. The fraction of sp³-hybridized carbons (Fsp3) is 0.733. The van der Waals surface area contributed by atoms with Crippen molar-refractivity contribution in [1.29, 1.82) is 0 Å². The van der Waals surface area contributed by atoms with Crippen LogP contribution in [0.4, 0.5) is 0 Å². The molecule has 1 aliphatic heterocycles. The number of aryl methyl sites for hydroxylation is 1. The molecule has 0 radical (unpaired) electrons. The molecule has 1 aromatic heterocycles. The molecule has 5 heteroatoms. The number of nitrogens with one attached hydrogen (secondary N) is 1. The molecule has 2 heterocycles. The summed E-state index contributed by atoms with van der Waals surface area (Å²) in [4.78, 5) is 12.3. The van der Waals surface area contributed by atoms with Crippen molar-refractivity contribution in [2.24, 2.45) is 18.9 Å². The second-order valence-electron chi connectivity index (χ2n) is 5.82. The molecular weight excluding hydrogens is 254 g/mol. The van der Waals surface area contributed by atoms with Gasteiger partial charge in [-0.25, -0.2) is 0 Å². The third-order valence-electron chi connectivity index (χ3n) is 3.96. The Labute approximate surface area is 120 Å². The number of carbonyl (C=O) groups excluding carboxylic acids is 1. The van der Waals surface area contributed by atoms with E-state index < -0.39 is 0 Å². The zero-order chi connectivity index (χ0) is 14.5. The van der Waals surface area contributed by atoms with E-state index >= 15 is 0 Å². The number of amides is 1. The van der Waals surface area contributed by atoms with Crippen molar-refractivity contribution in [3.05, 3.63) is 18.0 Å². The van der Waals surface area contributed by atoms with Crippen LogP contribution < -0.4 is 5.32 Å². The Balaban J connectivity index is 1.83. The van der Waals surface area contributed by atoms with Gasteiger partial charge in [0.2, 0.25) is 5.91 Å². The van der Waals surface area contributed by atoms with Crippen LogP contribution in [0.3, 0.4) is 0 Å². The van der Waals surface area contributed by atoms with Gasteiger partial charge in [0.1, 0.15) is 0 Å². The van der Waals surface area contributed by atoms with Crippen molar-refractivity contribution in [3.8, 4) is 0 Å². The standard InChI is InChI=1S/C15H25N3O2/c1-11(2)14-13(5-4-10-20-14)15(19)16-8-6-12-7-9-17-18(12)3/h7,9,11,13-14H,4-6,8,10H2,1-3H3,(H,16,19)/t13-,14-/m0/s1. The van der Waals surface area contributed by atoms with Crippen LogP contribution >= 0.6 is 0 Å². The number of carbonyl (C=O) groups is 1. The predicted molar refractivity (Wildman–Crippen MR) is 77.2 cm³/mol. The van der Waals surface area contributed by atoms with Crippen molar-refractivity contribution in [2.75, 3.05) is 13.2 Å². The molecule has 112 valence electrons. The molecule has 0 bridgehead atoms. The van der Waals surface area contributed by atoms with E-state index in [1.54, 1.807) is 6.20 Å². The number of hydrogen-bond acceptors (Lipinski definition) is 3. The normalized spacial score (nSPS) is 23.0. The summed E-state index contributed by atoms with van der Waals surface area (Å²) in [5.41, 5.74) is 1.13. The lowest BCUT2D eigenvalue weighted by Crippen LogP contribution is -2.44. The Morgan fingerprint density at radius 3 is 3.05 bits per heavy atom. The maximum Gasteiger partial charge on any atom is 0.225 e. The Bertz CT molecular complexity index is 442. The first-order chi connectivity index (χ1) is 9.59. The molecular formula is C15H25N3O2. The molecule has 0 aromatic carbocycles. The number of ether oxygens (including phenoxy) is 1. The van der Waals surface area contributed by atoms with Crippen LogP contribution in [-0.4, -0.2) is 34.9 Å². The summed E-state index contributed by atoms with van der Waals surface area (Å²) in [5, 5.41) is 7.17. The van der Waals surface area contributed by atoms with E-state index in [0.717, 1.165) is 31.6 Å². The quantitative estimate of drug-likeness (QED) is 0.889. The van der Waals surface area contributed by atoms with Gasteiger partial charge in [-0.1, -0.05) is 13.8 Å². The fourth-order valence-electron chi connectivity index (χ4n) is 2.83. The average Bonchev–Trinajstić information content (AvgIpc) is 2.84. The maximum atomic E-state index is 12.3. The molecule has 1 saturated heterocycles. The van der Waals surface area contributed by atoms with Gasteiger partial charge in [-0.15, -0.1) is 0 Å². The first-order valence-corrected chi connectivity index (χ1v) is 7.45. The number of nitrogens with zero attached hydrogens (tertiary/aromatic N) is 2. The van der Waals surface area contributed by atoms with Gasteiger partial charge in [-0.2, -0.15) is 5.10 Å². The average molecular weight is 279 g/mol. The van der Waals surface area contributed by atoms with Crippen molar-refractivity contribution in [1.82, 2.24) is 15.1 Å². The Hall–Kier alpha value is -1.36. The van der Waals surface area contributed by atoms with Gasteiger partial charge in [-0.3, -0.25) is 9.48 Å². The van der Waals surface area contributed by atoms with E-state index in [0.29, 0.717) is 12.5 Å². The summed E-state index contributed by atoms with van der Waals surface area (Å²) >= 11 is 0.